The van der Waals surface area contributed by atoms with Gasteiger partial charge in [-0.2, -0.15) is 0 Å². The molecule has 1 N–H and O–H groups in total. The number of alkyl halides is 1. The van der Waals surface area contributed by atoms with Crippen molar-refractivity contribution in [1.29, 1.82) is 0 Å². The normalized spacial score (nSPS) is 21.6. The number of Topliss-reactive ketones (excluding diaryl/α,β-unsaturated/α-hetero) is 2. The second kappa shape index (κ2) is 59.0. The molecule has 0 spiro atoms. The fourth-order valence-corrected chi connectivity index (χ4v) is 26.7. The molecule has 148 heavy (non-hydrogen) atoms. The SMILES string of the molecule is CC1CCCN1CCCOc1ccc(-c2nc3c(s2)C(=O)CCC3)cc1.CC1CCCN1CCCOc1ccc(-c2nc3c(s2)C(N2CCCCC2)CCC3)cc1.CC1CCCN1CCCOc1ccc(-c2nc3c(s2)C(O)CCC3)cc1.CC1CCCN1CCCOc1ccc(B2OC(C)(C)C(C)(C)O2)cc1.CC1CCCN1CCCOc1ccc(I)cc1.ClCCCOc1ccc(I)cc1.O=C1CCCc2nc(Cl)sc21. The van der Waals surface area contributed by atoms with Crippen LogP contribution < -0.4 is 33.9 Å². The highest BCUT2D eigenvalue weighted by Crippen LogP contribution is 2.45. The lowest BCUT2D eigenvalue weighted by molar-refractivity contribution is 0.00578. The van der Waals surface area contributed by atoms with Crippen LogP contribution in [0, 0.1) is 7.14 Å². The van der Waals surface area contributed by atoms with Gasteiger partial charge < -0.3 is 67.3 Å². The number of halogens is 4. The minimum atomic E-state index is -0.328. The molecule has 802 valence electrons. The summed E-state index contributed by atoms with van der Waals surface area (Å²) in [4.78, 5) is 61.6. The van der Waals surface area contributed by atoms with E-state index < -0.39 is 0 Å². The number of carbonyl (C=O) groups is 2. The molecule has 7 unspecified atom stereocenters. The number of fused-ring (bicyclic) bond motifs is 4. The van der Waals surface area contributed by atoms with Crippen molar-refractivity contribution < 1.29 is 52.4 Å². The average Bonchev–Trinajstić information content (AvgIpc) is 1.62. The molecule has 4 aliphatic carbocycles. The molecule has 7 aliphatic heterocycles. The van der Waals surface area contributed by atoms with E-state index >= 15 is 0 Å². The lowest BCUT2D eigenvalue weighted by Crippen LogP contribution is -2.41. The molecule has 21 nitrogen and oxygen atoms in total. The molecule has 0 saturated carbocycles. The second-order valence-electron chi connectivity index (χ2n) is 42.3. The van der Waals surface area contributed by atoms with Gasteiger partial charge in [-0.05, 0) is 472 Å². The number of ketones is 2. The smallest absolute Gasteiger partial charge is 0.494 e. The topological polar surface area (TPSA) is 199 Å². The number of rotatable bonds is 34. The van der Waals surface area contributed by atoms with Gasteiger partial charge in [0.05, 0.1) is 94.4 Å². The fraction of sp³-hybridized carbons (Fsp3) is 0.576. The van der Waals surface area contributed by atoms with Crippen LogP contribution in [0.15, 0.2) is 146 Å². The summed E-state index contributed by atoms with van der Waals surface area (Å²) in [7, 11) is -0.310. The Morgan fingerprint density at radius 1 is 0.365 bits per heavy atom. The summed E-state index contributed by atoms with van der Waals surface area (Å²) in [6.45, 7) is 39.0. The molecular weight excluding hydrogens is 2200 g/mol. The number of hydrogen-bond acceptors (Lipinski definition) is 25. The van der Waals surface area contributed by atoms with Gasteiger partial charge in [-0.1, -0.05) is 41.5 Å². The lowest BCUT2D eigenvalue weighted by Gasteiger charge is -2.36. The number of nitrogens with zero attached hydrogens (tertiary/aromatic N) is 10. The van der Waals surface area contributed by atoms with Gasteiger partial charge in [-0.25, -0.2) is 19.9 Å². The van der Waals surface area contributed by atoms with Crippen LogP contribution in [0.3, 0.4) is 0 Å². The number of aliphatic hydroxyl groups excluding tert-OH is 1. The molecule has 6 aromatic carbocycles. The van der Waals surface area contributed by atoms with Gasteiger partial charge in [-0.15, -0.1) is 45.6 Å². The van der Waals surface area contributed by atoms with Gasteiger partial charge in [0.25, 0.3) is 0 Å². The Balaban J connectivity index is 0.000000132. The van der Waals surface area contributed by atoms with Gasteiger partial charge >= 0.3 is 7.12 Å². The Labute approximate surface area is 936 Å². The second-order valence-corrected chi connectivity index (χ2v) is 49.8. The Bertz CT molecular complexity index is 5650. The molecule has 0 bridgehead atoms. The van der Waals surface area contributed by atoms with Crippen molar-refractivity contribution >= 4 is 138 Å². The quantitative estimate of drug-likeness (QED) is 0.0173. The minimum absolute atomic E-state index is 0.204. The molecule has 7 saturated heterocycles. The number of aliphatic hydroxyl groups is 1. The Hall–Kier alpha value is -6.28. The van der Waals surface area contributed by atoms with Gasteiger partial charge in [-0.3, -0.25) is 14.5 Å². The van der Waals surface area contributed by atoms with Crippen LogP contribution in [0.1, 0.15) is 300 Å². The largest absolute Gasteiger partial charge is 0.494 e. The molecule has 11 heterocycles. The number of thiazole rings is 4. The summed E-state index contributed by atoms with van der Waals surface area (Å²) >= 11 is 22.2. The van der Waals surface area contributed by atoms with Crippen molar-refractivity contribution in [3.63, 3.8) is 0 Å². The third kappa shape index (κ3) is 34.6. The van der Waals surface area contributed by atoms with E-state index in [1.165, 1.54) is 195 Å². The zero-order chi connectivity index (χ0) is 104. The maximum absolute atomic E-state index is 12.0. The van der Waals surface area contributed by atoms with Gasteiger partial charge in [0.1, 0.15) is 49.5 Å². The third-order valence-corrected chi connectivity index (χ3v) is 37.4. The number of aryl methyl sites for hydroxylation is 4. The number of aromatic nitrogens is 4. The molecule has 4 aromatic heterocycles. The standard InChI is InChI=1S/C26H37N3OS.C21H28N2O2S.C21H26N2O2S.C20H32BNO3.C14H20INO.C9H10ClIO.C7H6ClNOS/c1-20-8-6-17-28(20)18-7-19-30-22-13-11-21(12-14-22)26-27-23-9-5-10-24(25(23)31-26)29-15-3-2-4-16-29;2*1-15-5-3-12-23(15)13-4-14-25-17-10-8-16(9-11-17)21-22-18-6-2-7-19(24)20(18)26-21;1-16-8-6-13-22(16)14-7-15-23-18-11-9-17(10-12-18)21-24-19(2,3)20(4,5)25-21;1-12-4-2-9-16(12)10-3-11-17-14-7-5-13(15)6-8-14;10-6-1-7-12-9-4-2-8(11)3-5-9;8-7-9-4-2-1-3-5(10)6(4)11-7/h11-14,20,24H,2-10,15-19H2,1H3;8-11,15,19,24H,2-7,12-14H2,1H3;8-11,15H,2-7,12-14H2,1H3;9-12,16H,6-8,13-15H2,1-5H3;5-8,12H,2-4,9-11H2,1H3;2-5H,1,6-7H2;1-3H2. The summed E-state index contributed by atoms with van der Waals surface area (Å²) in [5.41, 5.74) is 8.16. The van der Waals surface area contributed by atoms with Crippen LogP contribution in [0.5, 0.6) is 34.5 Å². The summed E-state index contributed by atoms with van der Waals surface area (Å²) in [5.74, 6) is 6.73. The van der Waals surface area contributed by atoms with Gasteiger partial charge in [0.15, 0.2) is 16.0 Å². The number of hydrogen-bond donors (Lipinski definition) is 1. The fourth-order valence-electron chi connectivity index (χ4n) is 21.3. The van der Waals surface area contributed by atoms with E-state index in [1.807, 2.05) is 108 Å². The molecule has 21 rings (SSSR count). The van der Waals surface area contributed by atoms with Crippen molar-refractivity contribution in [2.24, 2.45) is 0 Å². The van der Waals surface area contributed by atoms with E-state index in [4.69, 9.17) is 70.9 Å². The van der Waals surface area contributed by atoms with E-state index in [0.717, 1.165) is 272 Å². The van der Waals surface area contributed by atoms with E-state index in [0.29, 0.717) is 35.8 Å². The van der Waals surface area contributed by atoms with Crippen molar-refractivity contribution in [1.82, 2.24) is 49.3 Å². The first-order valence-electron chi connectivity index (χ1n) is 55.3. The van der Waals surface area contributed by atoms with E-state index in [1.54, 1.807) is 16.2 Å². The van der Waals surface area contributed by atoms with E-state index in [2.05, 4.69) is 195 Å². The van der Waals surface area contributed by atoms with Crippen molar-refractivity contribution in [3.05, 3.63) is 199 Å². The Morgan fingerprint density at radius 2 is 0.682 bits per heavy atom. The number of ether oxygens (including phenoxy) is 6. The van der Waals surface area contributed by atoms with Crippen LogP contribution in [0.25, 0.3) is 31.7 Å². The molecule has 10 aromatic rings. The van der Waals surface area contributed by atoms with Crippen LogP contribution in [0.2, 0.25) is 4.47 Å². The number of carbonyl (C=O) groups excluding carboxylic acids is 2. The van der Waals surface area contributed by atoms with Crippen LogP contribution >= 0.6 is 114 Å². The highest BCUT2D eigenvalue weighted by atomic mass is 127. The first-order chi connectivity index (χ1) is 71.8. The summed E-state index contributed by atoms with van der Waals surface area (Å²) in [6.07, 6.45) is 35.1. The van der Waals surface area contributed by atoms with E-state index in [-0.39, 0.29) is 36.0 Å². The van der Waals surface area contributed by atoms with Crippen LogP contribution in [-0.4, -0.2) is 239 Å². The van der Waals surface area contributed by atoms with E-state index in [9.17, 15) is 14.7 Å². The van der Waals surface area contributed by atoms with Gasteiger partial charge in [0.2, 0.25) is 0 Å². The highest BCUT2D eigenvalue weighted by molar-refractivity contribution is 14.1. The van der Waals surface area contributed by atoms with Crippen molar-refractivity contribution in [2.45, 2.75) is 315 Å². The number of likely N-dealkylation sites (tertiary alicyclic amines) is 6. The maximum atomic E-state index is 12.0. The lowest BCUT2D eigenvalue weighted by atomic mass is 9.79. The first-order valence-corrected chi connectivity index (χ1v) is 61.6. The molecule has 30 heteroatoms. The number of piperidine rings is 1. The molecule has 0 radical (unpaired) electrons. The average molecular weight is 2360 g/mol. The molecular formula is C118H159BCl2I2N10O11S4. The summed E-state index contributed by atoms with van der Waals surface area (Å²) in [6, 6.07) is 53.6. The van der Waals surface area contributed by atoms with Crippen LogP contribution in [-0.2, 0) is 35.0 Å². The molecule has 7 atom stereocenters. The zero-order valence-corrected chi connectivity index (χ0v) is 98.1. The third-order valence-electron chi connectivity index (χ3n) is 30.8. The molecule has 11 aliphatic rings. The monoisotopic (exact) mass is 2350 g/mol. The van der Waals surface area contributed by atoms with Crippen molar-refractivity contribution in [2.75, 3.05) is 124 Å². The van der Waals surface area contributed by atoms with Gasteiger partial charge in [0, 0.05) is 116 Å². The summed E-state index contributed by atoms with van der Waals surface area (Å²) in [5, 5.41) is 13.3. The van der Waals surface area contributed by atoms with Crippen LogP contribution in [0.4, 0.5) is 0 Å². The Morgan fingerprint density at radius 3 is 1.03 bits per heavy atom. The minimum Gasteiger partial charge on any atom is -0.494 e. The predicted octanol–water partition coefficient (Wildman–Crippen LogP) is 27.3. The summed E-state index contributed by atoms with van der Waals surface area (Å²) < 4.78 is 50.0. The molecule has 0 amide bonds. The zero-order valence-electron chi connectivity index (χ0n) is 89.0. The predicted molar refractivity (Wildman–Crippen MR) is 627 cm³/mol. The Kier molecular flexibility index (Phi) is 46.2. The highest BCUT2D eigenvalue weighted by Gasteiger charge is 2.52. The number of benzene rings is 6. The van der Waals surface area contributed by atoms with Crippen molar-refractivity contribution in [3.8, 4) is 66.2 Å². The molecule has 7 fully saturated rings. The maximum Gasteiger partial charge on any atom is 0.494 e. The first kappa shape index (κ1) is 116.